The van der Waals surface area contributed by atoms with Crippen LogP contribution in [0.3, 0.4) is 0 Å². The third kappa shape index (κ3) is 4.00. The average molecular weight is 228 g/mol. The number of rotatable bonds is 4. The van der Waals surface area contributed by atoms with E-state index >= 15 is 0 Å². The van der Waals surface area contributed by atoms with Gasteiger partial charge in [-0.2, -0.15) is 0 Å². The van der Waals surface area contributed by atoms with E-state index in [0.29, 0.717) is 19.2 Å². The maximum absolute atomic E-state index is 11.8. The summed E-state index contributed by atoms with van der Waals surface area (Å²) in [5.41, 5.74) is 0. The van der Waals surface area contributed by atoms with Crippen LogP contribution >= 0.6 is 0 Å². The van der Waals surface area contributed by atoms with Crippen molar-refractivity contribution in [1.82, 2.24) is 10.2 Å². The van der Waals surface area contributed by atoms with Gasteiger partial charge < -0.3 is 15.0 Å². The second-order valence-corrected chi connectivity index (χ2v) is 4.75. The van der Waals surface area contributed by atoms with Crippen molar-refractivity contribution >= 4 is 6.03 Å². The Bertz CT molecular complexity index is 213. The molecule has 0 bridgehead atoms. The summed E-state index contributed by atoms with van der Waals surface area (Å²) in [7, 11) is 3.53. The van der Waals surface area contributed by atoms with Crippen LogP contribution in [-0.2, 0) is 4.74 Å². The van der Waals surface area contributed by atoms with Gasteiger partial charge in [-0.25, -0.2) is 4.79 Å². The van der Waals surface area contributed by atoms with Crippen molar-refractivity contribution in [3.05, 3.63) is 0 Å². The van der Waals surface area contributed by atoms with E-state index in [1.54, 1.807) is 7.11 Å². The zero-order chi connectivity index (χ0) is 12.0. The summed E-state index contributed by atoms with van der Waals surface area (Å²) in [6, 6.07) is 0.440. The van der Waals surface area contributed by atoms with Crippen LogP contribution in [0.5, 0.6) is 0 Å². The molecule has 1 saturated carbocycles. The molecule has 0 atom stereocenters. The number of urea groups is 1. The Morgan fingerprint density at radius 1 is 1.38 bits per heavy atom. The fraction of sp³-hybridized carbons (Fsp3) is 0.917. The number of carbonyl (C=O) groups excluding carboxylic acids is 1. The second-order valence-electron chi connectivity index (χ2n) is 4.75. The zero-order valence-electron chi connectivity index (χ0n) is 10.7. The van der Waals surface area contributed by atoms with Crippen molar-refractivity contribution in [2.75, 3.05) is 27.3 Å². The molecule has 1 rings (SSSR count). The molecule has 0 saturated heterocycles. The molecular weight excluding hydrogens is 204 g/mol. The Balaban J connectivity index is 2.27. The molecule has 0 heterocycles. The Morgan fingerprint density at radius 3 is 2.56 bits per heavy atom. The molecule has 0 radical (unpaired) electrons. The van der Waals surface area contributed by atoms with Crippen LogP contribution in [0.15, 0.2) is 0 Å². The fourth-order valence-corrected chi connectivity index (χ4v) is 2.18. The first kappa shape index (κ1) is 13.3. The number of hydrogen-bond donors (Lipinski definition) is 1. The quantitative estimate of drug-likeness (QED) is 0.746. The molecule has 1 N–H and O–H groups in total. The van der Waals surface area contributed by atoms with Gasteiger partial charge in [-0.05, 0) is 31.6 Å². The van der Waals surface area contributed by atoms with Gasteiger partial charge in [-0.1, -0.05) is 6.92 Å². The molecule has 16 heavy (non-hydrogen) atoms. The minimum absolute atomic E-state index is 0.0246. The third-order valence-electron chi connectivity index (χ3n) is 3.44. The first-order valence-electron chi connectivity index (χ1n) is 6.14. The van der Waals surface area contributed by atoms with Crippen molar-refractivity contribution in [3.63, 3.8) is 0 Å². The largest absolute Gasteiger partial charge is 0.383 e. The second kappa shape index (κ2) is 6.74. The van der Waals surface area contributed by atoms with E-state index in [0.717, 1.165) is 18.8 Å². The van der Waals surface area contributed by atoms with Gasteiger partial charge in [0.25, 0.3) is 0 Å². The van der Waals surface area contributed by atoms with Gasteiger partial charge >= 0.3 is 6.03 Å². The van der Waals surface area contributed by atoms with E-state index < -0.39 is 0 Å². The first-order chi connectivity index (χ1) is 7.65. The summed E-state index contributed by atoms with van der Waals surface area (Å²) in [5.74, 6) is 0.821. The van der Waals surface area contributed by atoms with Crippen molar-refractivity contribution in [1.29, 1.82) is 0 Å². The summed E-state index contributed by atoms with van der Waals surface area (Å²) in [6.07, 6.45) is 4.74. The standard InChI is InChI=1S/C12H24N2O2/c1-10-4-6-11(7-5-10)14(2)12(15)13-8-9-16-3/h10-11H,4-9H2,1-3H3,(H,13,15)/t10-,11-. The Labute approximate surface area is 98.3 Å². The number of ether oxygens (including phenoxy) is 1. The third-order valence-corrected chi connectivity index (χ3v) is 3.44. The fourth-order valence-electron chi connectivity index (χ4n) is 2.18. The number of nitrogens with one attached hydrogen (secondary N) is 1. The lowest BCUT2D eigenvalue weighted by molar-refractivity contribution is 0.156. The van der Waals surface area contributed by atoms with Crippen molar-refractivity contribution in [2.45, 2.75) is 38.6 Å². The summed E-state index contributed by atoms with van der Waals surface area (Å²) in [5, 5.41) is 2.85. The summed E-state index contributed by atoms with van der Waals surface area (Å²) >= 11 is 0. The van der Waals surface area contributed by atoms with E-state index in [1.165, 1.54) is 12.8 Å². The molecule has 4 nitrogen and oxygen atoms in total. The van der Waals surface area contributed by atoms with Crippen LogP contribution in [0, 0.1) is 5.92 Å². The Hall–Kier alpha value is -0.770. The van der Waals surface area contributed by atoms with Gasteiger partial charge in [0.05, 0.1) is 6.61 Å². The molecule has 4 heteroatoms. The molecule has 0 aromatic heterocycles. The number of hydrogen-bond acceptors (Lipinski definition) is 2. The number of carbonyl (C=O) groups is 1. The maximum Gasteiger partial charge on any atom is 0.317 e. The summed E-state index contributed by atoms with van der Waals surface area (Å²) in [4.78, 5) is 13.6. The van der Waals surface area contributed by atoms with Crippen LogP contribution < -0.4 is 5.32 Å². The van der Waals surface area contributed by atoms with Crippen LogP contribution in [0.2, 0.25) is 0 Å². The van der Waals surface area contributed by atoms with Crippen LogP contribution in [0.1, 0.15) is 32.6 Å². The van der Waals surface area contributed by atoms with E-state index in [-0.39, 0.29) is 6.03 Å². The smallest absolute Gasteiger partial charge is 0.317 e. The Morgan fingerprint density at radius 2 is 2.00 bits per heavy atom. The Kier molecular flexibility index (Phi) is 5.60. The monoisotopic (exact) mass is 228 g/mol. The molecule has 1 aliphatic carbocycles. The van der Waals surface area contributed by atoms with Gasteiger partial charge in [0.2, 0.25) is 0 Å². The van der Waals surface area contributed by atoms with E-state index in [2.05, 4.69) is 12.2 Å². The predicted octanol–water partition coefficient (Wildman–Crippen LogP) is 1.85. The lowest BCUT2D eigenvalue weighted by atomic mass is 9.87. The van der Waals surface area contributed by atoms with Gasteiger partial charge in [0.15, 0.2) is 0 Å². The maximum atomic E-state index is 11.8. The van der Waals surface area contributed by atoms with Gasteiger partial charge in [0.1, 0.15) is 0 Å². The summed E-state index contributed by atoms with van der Waals surface area (Å²) in [6.45, 7) is 3.44. The normalized spacial score (nSPS) is 25.2. The predicted molar refractivity (Wildman–Crippen MR) is 64.5 cm³/mol. The van der Waals surface area contributed by atoms with Crippen molar-refractivity contribution in [3.8, 4) is 0 Å². The highest BCUT2D eigenvalue weighted by Crippen LogP contribution is 2.26. The van der Waals surface area contributed by atoms with E-state index in [1.807, 2.05) is 11.9 Å². The van der Waals surface area contributed by atoms with Crippen LogP contribution in [0.4, 0.5) is 4.79 Å². The van der Waals surface area contributed by atoms with Crippen molar-refractivity contribution in [2.24, 2.45) is 5.92 Å². The van der Waals surface area contributed by atoms with Crippen LogP contribution in [-0.4, -0.2) is 44.3 Å². The number of methoxy groups -OCH3 is 1. The molecule has 0 unspecified atom stereocenters. The molecule has 0 aromatic rings. The molecule has 1 aliphatic rings. The van der Waals surface area contributed by atoms with E-state index in [9.17, 15) is 4.79 Å². The van der Waals surface area contributed by atoms with Crippen molar-refractivity contribution < 1.29 is 9.53 Å². The molecule has 0 aliphatic heterocycles. The van der Waals surface area contributed by atoms with Gasteiger partial charge in [-0.15, -0.1) is 0 Å². The summed E-state index contributed by atoms with van der Waals surface area (Å²) < 4.78 is 4.90. The molecule has 0 spiro atoms. The van der Waals surface area contributed by atoms with Gasteiger partial charge in [0, 0.05) is 26.7 Å². The van der Waals surface area contributed by atoms with Gasteiger partial charge in [-0.3, -0.25) is 0 Å². The SMILES string of the molecule is COCCNC(=O)N(C)[C@H]1CC[C@H](C)CC1. The number of nitrogens with zero attached hydrogens (tertiary/aromatic N) is 1. The average Bonchev–Trinajstić information content (AvgIpc) is 2.29. The highest BCUT2D eigenvalue weighted by molar-refractivity contribution is 5.74. The highest BCUT2D eigenvalue weighted by Gasteiger charge is 2.24. The molecule has 0 aromatic carbocycles. The minimum atomic E-state index is 0.0246. The lowest BCUT2D eigenvalue weighted by Gasteiger charge is -2.33. The first-order valence-corrected chi connectivity index (χ1v) is 6.14. The number of amides is 2. The molecule has 1 fully saturated rings. The molecular formula is C12H24N2O2. The van der Waals surface area contributed by atoms with Crippen LogP contribution in [0.25, 0.3) is 0 Å². The minimum Gasteiger partial charge on any atom is -0.383 e. The lowest BCUT2D eigenvalue weighted by Crippen LogP contribution is -2.45. The topological polar surface area (TPSA) is 41.6 Å². The molecule has 2 amide bonds. The van der Waals surface area contributed by atoms with E-state index in [4.69, 9.17) is 4.74 Å². The molecule has 94 valence electrons. The highest BCUT2D eigenvalue weighted by atomic mass is 16.5. The zero-order valence-corrected chi connectivity index (χ0v) is 10.7.